The normalized spacial score (nSPS) is 24.3. The van der Waals surface area contributed by atoms with E-state index in [1.165, 1.54) is 24.2 Å². The molecule has 0 aliphatic carbocycles. The van der Waals surface area contributed by atoms with Crippen LogP contribution in [0.25, 0.3) is 0 Å². The van der Waals surface area contributed by atoms with Gasteiger partial charge in [-0.3, -0.25) is 0 Å². The molecule has 1 N–H and O–H groups in total. The monoisotopic (exact) mass is 249 g/mol. The summed E-state index contributed by atoms with van der Waals surface area (Å²) in [5, 5.41) is 3.62. The molecule has 1 saturated heterocycles. The Hall–Kier alpha value is -0.870. The Morgan fingerprint density at radius 3 is 2.89 bits per heavy atom. The van der Waals surface area contributed by atoms with E-state index in [1.807, 2.05) is 0 Å². The third-order valence-electron chi connectivity index (χ3n) is 3.88. The topological polar surface area (TPSA) is 39.1 Å². The highest BCUT2D eigenvalue weighted by molar-refractivity contribution is 5.28. The van der Waals surface area contributed by atoms with Crippen LogP contribution in [0.2, 0.25) is 0 Å². The molecule has 4 heteroatoms. The van der Waals surface area contributed by atoms with Crippen LogP contribution in [0.5, 0.6) is 0 Å². The third-order valence-corrected chi connectivity index (χ3v) is 3.88. The van der Waals surface area contributed by atoms with Gasteiger partial charge in [-0.2, -0.15) is 0 Å². The first-order chi connectivity index (χ1) is 8.57. The number of rotatable bonds is 1. The first-order valence-electron chi connectivity index (χ1n) is 6.98. The molecule has 0 radical (unpaired) electrons. The van der Waals surface area contributed by atoms with Gasteiger partial charge in [0.15, 0.2) is 0 Å². The SMILES string of the molecule is CC(C)(C)c1nc2n(c1C1CCCN1)CCOC2. The first-order valence-corrected chi connectivity index (χ1v) is 6.98. The second-order valence-corrected chi connectivity index (χ2v) is 6.37. The van der Waals surface area contributed by atoms with Gasteiger partial charge in [-0.05, 0) is 19.4 Å². The fraction of sp³-hybridized carbons (Fsp3) is 0.786. The van der Waals surface area contributed by atoms with Crippen LogP contribution in [0.15, 0.2) is 0 Å². The molecule has 0 saturated carbocycles. The highest BCUT2D eigenvalue weighted by atomic mass is 16.5. The summed E-state index contributed by atoms with van der Waals surface area (Å²) in [6, 6.07) is 0.485. The van der Waals surface area contributed by atoms with Crippen LogP contribution in [0.1, 0.15) is 56.9 Å². The molecule has 0 amide bonds. The summed E-state index contributed by atoms with van der Waals surface area (Å²) in [4.78, 5) is 4.86. The van der Waals surface area contributed by atoms with E-state index in [2.05, 4.69) is 30.7 Å². The van der Waals surface area contributed by atoms with Crippen LogP contribution in [0.4, 0.5) is 0 Å². The van der Waals surface area contributed by atoms with Crippen molar-refractivity contribution < 1.29 is 4.74 Å². The Morgan fingerprint density at radius 1 is 1.39 bits per heavy atom. The lowest BCUT2D eigenvalue weighted by molar-refractivity contribution is 0.0801. The summed E-state index contributed by atoms with van der Waals surface area (Å²) >= 11 is 0. The summed E-state index contributed by atoms with van der Waals surface area (Å²) < 4.78 is 7.93. The number of imidazole rings is 1. The summed E-state index contributed by atoms with van der Waals surface area (Å²) in [7, 11) is 0. The molecule has 2 aliphatic heterocycles. The number of hydrogen-bond donors (Lipinski definition) is 1. The van der Waals surface area contributed by atoms with Crippen LogP contribution in [-0.4, -0.2) is 22.7 Å². The molecule has 18 heavy (non-hydrogen) atoms. The van der Waals surface area contributed by atoms with Gasteiger partial charge in [-0.1, -0.05) is 20.8 Å². The van der Waals surface area contributed by atoms with E-state index < -0.39 is 0 Å². The molecule has 1 aromatic rings. The number of fused-ring (bicyclic) bond motifs is 1. The smallest absolute Gasteiger partial charge is 0.135 e. The molecule has 4 nitrogen and oxygen atoms in total. The molecule has 2 aliphatic rings. The zero-order chi connectivity index (χ0) is 12.8. The van der Waals surface area contributed by atoms with Gasteiger partial charge in [-0.25, -0.2) is 4.98 Å². The van der Waals surface area contributed by atoms with Crippen LogP contribution >= 0.6 is 0 Å². The molecular weight excluding hydrogens is 226 g/mol. The molecule has 1 fully saturated rings. The zero-order valence-electron chi connectivity index (χ0n) is 11.6. The van der Waals surface area contributed by atoms with Crippen LogP contribution in [0.3, 0.4) is 0 Å². The van der Waals surface area contributed by atoms with E-state index in [4.69, 9.17) is 9.72 Å². The van der Waals surface area contributed by atoms with Crippen molar-refractivity contribution in [1.29, 1.82) is 0 Å². The quantitative estimate of drug-likeness (QED) is 0.828. The molecule has 3 rings (SSSR count). The second-order valence-electron chi connectivity index (χ2n) is 6.37. The molecule has 100 valence electrons. The van der Waals surface area contributed by atoms with Gasteiger partial charge in [-0.15, -0.1) is 0 Å². The van der Waals surface area contributed by atoms with E-state index in [0.29, 0.717) is 12.6 Å². The molecule has 1 unspecified atom stereocenters. The van der Waals surface area contributed by atoms with Gasteiger partial charge in [0.1, 0.15) is 12.4 Å². The van der Waals surface area contributed by atoms with Crippen LogP contribution in [0, 0.1) is 0 Å². The largest absolute Gasteiger partial charge is 0.372 e. The lowest BCUT2D eigenvalue weighted by atomic mass is 9.88. The molecule has 0 spiro atoms. The Morgan fingerprint density at radius 2 is 2.22 bits per heavy atom. The first kappa shape index (κ1) is 12.2. The van der Waals surface area contributed by atoms with E-state index in [1.54, 1.807) is 0 Å². The molecule has 0 bridgehead atoms. The third kappa shape index (κ3) is 1.97. The molecular formula is C14H23N3O. The van der Waals surface area contributed by atoms with Crippen molar-refractivity contribution in [2.45, 2.75) is 58.2 Å². The minimum Gasteiger partial charge on any atom is -0.372 e. The van der Waals surface area contributed by atoms with Crippen molar-refractivity contribution >= 4 is 0 Å². The summed E-state index contributed by atoms with van der Waals surface area (Å²) in [5.41, 5.74) is 2.77. The Kier molecular flexibility index (Phi) is 2.94. The van der Waals surface area contributed by atoms with Gasteiger partial charge >= 0.3 is 0 Å². The van der Waals surface area contributed by atoms with Crippen molar-refractivity contribution in [1.82, 2.24) is 14.9 Å². The van der Waals surface area contributed by atoms with Crippen molar-refractivity contribution in [2.24, 2.45) is 0 Å². The maximum atomic E-state index is 5.54. The number of nitrogens with zero attached hydrogens (tertiary/aromatic N) is 2. The van der Waals surface area contributed by atoms with Crippen LogP contribution < -0.4 is 5.32 Å². The predicted molar refractivity (Wildman–Crippen MR) is 70.6 cm³/mol. The van der Waals surface area contributed by atoms with Crippen molar-refractivity contribution in [3.63, 3.8) is 0 Å². The standard InChI is InChI=1S/C14H23N3O/c1-14(2,3)13-12(10-5-4-6-15-10)17-7-8-18-9-11(17)16-13/h10,15H,4-9H2,1-3H3. The van der Waals surface area contributed by atoms with Gasteiger partial charge in [0.05, 0.1) is 18.0 Å². The minimum absolute atomic E-state index is 0.101. The maximum Gasteiger partial charge on any atom is 0.135 e. The maximum absolute atomic E-state index is 5.54. The van der Waals surface area contributed by atoms with Crippen molar-refractivity contribution in [3.8, 4) is 0 Å². The number of hydrogen-bond acceptors (Lipinski definition) is 3. The average molecular weight is 249 g/mol. The fourth-order valence-electron chi connectivity index (χ4n) is 3.02. The summed E-state index contributed by atoms with van der Waals surface area (Å²) in [6.07, 6.45) is 2.50. The molecule has 1 atom stereocenters. The van der Waals surface area contributed by atoms with E-state index in [9.17, 15) is 0 Å². The Bertz CT molecular complexity index is 439. The van der Waals surface area contributed by atoms with E-state index in [-0.39, 0.29) is 5.41 Å². The molecule has 3 heterocycles. The lowest BCUT2D eigenvalue weighted by Crippen LogP contribution is -2.25. The van der Waals surface area contributed by atoms with Gasteiger partial charge in [0.2, 0.25) is 0 Å². The highest BCUT2D eigenvalue weighted by Gasteiger charge is 2.32. The van der Waals surface area contributed by atoms with Crippen molar-refractivity contribution in [3.05, 3.63) is 17.2 Å². The van der Waals surface area contributed by atoms with Gasteiger partial charge in [0.25, 0.3) is 0 Å². The van der Waals surface area contributed by atoms with Gasteiger partial charge in [0, 0.05) is 18.0 Å². The molecule has 0 aromatic carbocycles. The molecule has 1 aromatic heterocycles. The Balaban J connectivity index is 2.09. The van der Waals surface area contributed by atoms with Crippen molar-refractivity contribution in [2.75, 3.05) is 13.2 Å². The number of ether oxygens (including phenoxy) is 1. The highest BCUT2D eigenvalue weighted by Crippen LogP contribution is 2.34. The summed E-state index contributed by atoms with van der Waals surface area (Å²) in [5.74, 6) is 1.11. The minimum atomic E-state index is 0.101. The lowest BCUT2D eigenvalue weighted by Gasteiger charge is -2.24. The number of aromatic nitrogens is 2. The van der Waals surface area contributed by atoms with E-state index >= 15 is 0 Å². The van der Waals surface area contributed by atoms with E-state index in [0.717, 1.165) is 25.5 Å². The Labute approximate surface area is 109 Å². The zero-order valence-corrected chi connectivity index (χ0v) is 11.6. The van der Waals surface area contributed by atoms with Crippen LogP contribution in [-0.2, 0) is 23.3 Å². The number of nitrogens with one attached hydrogen (secondary N) is 1. The fourth-order valence-corrected chi connectivity index (χ4v) is 3.02. The van der Waals surface area contributed by atoms with Gasteiger partial charge < -0.3 is 14.6 Å². The second kappa shape index (κ2) is 4.35. The average Bonchev–Trinajstić information content (AvgIpc) is 2.94. The predicted octanol–water partition coefficient (Wildman–Crippen LogP) is 2.14. The summed E-state index contributed by atoms with van der Waals surface area (Å²) in [6.45, 7) is 10.3.